The third-order valence-corrected chi connectivity index (χ3v) is 3.95. The lowest BCUT2D eigenvalue weighted by Crippen LogP contribution is -2.22. The average molecular weight is 301 g/mol. The topological polar surface area (TPSA) is 76.5 Å². The number of H-pyrrole nitrogens is 1. The van der Waals surface area contributed by atoms with Crippen LogP contribution in [0.2, 0.25) is 0 Å². The first-order chi connectivity index (χ1) is 10.2. The monoisotopic (exact) mass is 301 g/mol. The molecule has 0 aliphatic heterocycles. The molecule has 0 amide bonds. The van der Waals surface area contributed by atoms with Crippen LogP contribution in [-0.2, 0) is 6.54 Å². The molecular weight excluding hydrogens is 286 g/mol. The molecule has 0 saturated carbocycles. The molecule has 6 nitrogen and oxygen atoms in total. The Hall–Kier alpha value is -2.15. The predicted molar refractivity (Wildman–Crippen MR) is 83.6 cm³/mol. The van der Waals surface area contributed by atoms with Crippen LogP contribution in [-0.4, -0.2) is 31.0 Å². The number of aromatic amines is 1. The number of aryl methyl sites for hydroxylation is 2. The summed E-state index contributed by atoms with van der Waals surface area (Å²) in [7, 11) is 0. The smallest absolute Gasteiger partial charge is 0.261 e. The maximum absolute atomic E-state index is 12.7. The number of aromatic nitrogens is 5. The molecule has 108 valence electrons. The number of rotatable bonds is 3. The second kappa shape index (κ2) is 5.33. The Morgan fingerprint density at radius 3 is 2.81 bits per heavy atom. The van der Waals surface area contributed by atoms with E-state index < -0.39 is 0 Å². The van der Waals surface area contributed by atoms with Gasteiger partial charge < -0.3 is 0 Å². The Morgan fingerprint density at radius 2 is 2.19 bits per heavy atom. The molecule has 7 heteroatoms. The lowest BCUT2D eigenvalue weighted by atomic mass is 10.1. The van der Waals surface area contributed by atoms with E-state index in [0.29, 0.717) is 28.6 Å². The molecule has 0 spiro atoms. The third kappa shape index (κ3) is 2.23. The fourth-order valence-electron chi connectivity index (χ4n) is 2.35. The highest BCUT2D eigenvalue weighted by Gasteiger charge is 2.15. The van der Waals surface area contributed by atoms with Gasteiger partial charge in [0.1, 0.15) is 5.65 Å². The van der Waals surface area contributed by atoms with Gasteiger partial charge in [0, 0.05) is 18.1 Å². The molecular formula is C14H15N5OS. The summed E-state index contributed by atoms with van der Waals surface area (Å²) in [5.74, 6) is 0. The Bertz CT molecular complexity index is 854. The number of pyridine rings is 1. The van der Waals surface area contributed by atoms with E-state index in [-0.39, 0.29) is 5.56 Å². The second-order valence-corrected chi connectivity index (χ2v) is 5.38. The van der Waals surface area contributed by atoms with Crippen LogP contribution in [0.1, 0.15) is 12.6 Å². The van der Waals surface area contributed by atoms with Gasteiger partial charge in [-0.05, 0) is 32.2 Å². The van der Waals surface area contributed by atoms with Crippen molar-refractivity contribution in [3.05, 3.63) is 34.4 Å². The highest BCUT2D eigenvalue weighted by atomic mass is 32.2. The normalized spacial score (nSPS) is 11.2. The molecule has 0 saturated heterocycles. The number of nitrogens with one attached hydrogen (secondary N) is 1. The minimum atomic E-state index is -0.0700. The van der Waals surface area contributed by atoms with Crippen LogP contribution >= 0.6 is 11.8 Å². The van der Waals surface area contributed by atoms with Gasteiger partial charge in [0.05, 0.1) is 17.0 Å². The van der Waals surface area contributed by atoms with Crippen molar-refractivity contribution in [2.45, 2.75) is 25.5 Å². The van der Waals surface area contributed by atoms with Gasteiger partial charge in [-0.1, -0.05) is 11.8 Å². The van der Waals surface area contributed by atoms with Gasteiger partial charge in [-0.3, -0.25) is 14.5 Å². The summed E-state index contributed by atoms with van der Waals surface area (Å²) in [4.78, 5) is 21.6. The summed E-state index contributed by atoms with van der Waals surface area (Å²) >= 11 is 1.47. The highest BCUT2D eigenvalue weighted by molar-refractivity contribution is 7.98. The van der Waals surface area contributed by atoms with Crippen molar-refractivity contribution in [3.63, 3.8) is 0 Å². The largest absolute Gasteiger partial charge is 0.292 e. The van der Waals surface area contributed by atoms with Crippen molar-refractivity contribution < 1.29 is 0 Å². The van der Waals surface area contributed by atoms with Crippen LogP contribution in [0.4, 0.5) is 0 Å². The van der Waals surface area contributed by atoms with Crippen LogP contribution < -0.4 is 5.56 Å². The van der Waals surface area contributed by atoms with Gasteiger partial charge >= 0.3 is 0 Å². The first-order valence-electron chi connectivity index (χ1n) is 6.61. The van der Waals surface area contributed by atoms with E-state index in [1.54, 1.807) is 16.8 Å². The number of hydrogen-bond donors (Lipinski definition) is 1. The number of thioether (sulfide) groups is 1. The minimum Gasteiger partial charge on any atom is -0.292 e. The Labute approximate surface area is 125 Å². The summed E-state index contributed by atoms with van der Waals surface area (Å²) in [6.45, 7) is 4.43. The van der Waals surface area contributed by atoms with Gasteiger partial charge in [-0.2, -0.15) is 5.10 Å². The van der Waals surface area contributed by atoms with Gasteiger partial charge in [-0.25, -0.2) is 9.97 Å². The lowest BCUT2D eigenvalue weighted by molar-refractivity contribution is 0.740. The molecule has 3 rings (SSSR count). The first kappa shape index (κ1) is 13.8. The highest BCUT2D eigenvalue weighted by Crippen LogP contribution is 2.22. The maximum Gasteiger partial charge on any atom is 0.261 e. The maximum atomic E-state index is 12.7. The summed E-state index contributed by atoms with van der Waals surface area (Å²) in [6, 6.07) is 3.63. The SMILES string of the molecule is CCn1c(=O)c(-c2ccn[nH]2)cc2c(C)nc(SC)nc21. The molecule has 21 heavy (non-hydrogen) atoms. The van der Waals surface area contributed by atoms with Crippen molar-refractivity contribution in [2.75, 3.05) is 6.26 Å². The molecule has 0 aliphatic rings. The van der Waals surface area contributed by atoms with Crippen molar-refractivity contribution in [1.29, 1.82) is 0 Å². The van der Waals surface area contributed by atoms with Crippen LogP contribution in [0.3, 0.4) is 0 Å². The summed E-state index contributed by atoms with van der Waals surface area (Å²) < 4.78 is 1.68. The van der Waals surface area contributed by atoms with Crippen LogP contribution in [0.25, 0.3) is 22.3 Å². The average Bonchev–Trinajstić information content (AvgIpc) is 3.00. The zero-order valence-electron chi connectivity index (χ0n) is 12.0. The predicted octanol–water partition coefficient (Wildman–Crippen LogP) is 2.23. The Balaban J connectivity index is 2.42. The van der Waals surface area contributed by atoms with Crippen molar-refractivity contribution in [3.8, 4) is 11.3 Å². The molecule has 1 N–H and O–H groups in total. The molecule has 3 aromatic rings. The van der Waals surface area contributed by atoms with Crippen molar-refractivity contribution >= 4 is 22.8 Å². The van der Waals surface area contributed by atoms with E-state index >= 15 is 0 Å². The molecule has 0 bridgehead atoms. The van der Waals surface area contributed by atoms with Crippen molar-refractivity contribution in [1.82, 2.24) is 24.7 Å². The quantitative estimate of drug-likeness (QED) is 0.593. The molecule has 3 heterocycles. The third-order valence-electron chi connectivity index (χ3n) is 3.41. The molecule has 0 unspecified atom stereocenters. The zero-order chi connectivity index (χ0) is 15.0. The van der Waals surface area contributed by atoms with Gasteiger partial charge in [0.15, 0.2) is 5.16 Å². The van der Waals surface area contributed by atoms with Crippen LogP contribution in [0.5, 0.6) is 0 Å². The van der Waals surface area contributed by atoms with Gasteiger partial charge in [0.25, 0.3) is 5.56 Å². The second-order valence-electron chi connectivity index (χ2n) is 4.61. The van der Waals surface area contributed by atoms with Crippen molar-refractivity contribution in [2.24, 2.45) is 0 Å². The molecule has 3 aromatic heterocycles. The summed E-state index contributed by atoms with van der Waals surface area (Å²) in [6.07, 6.45) is 3.56. The number of nitrogens with zero attached hydrogens (tertiary/aromatic N) is 4. The van der Waals surface area contributed by atoms with E-state index in [2.05, 4.69) is 20.2 Å². The van der Waals surface area contributed by atoms with E-state index in [1.807, 2.05) is 26.2 Å². The molecule has 0 aromatic carbocycles. The van der Waals surface area contributed by atoms with Gasteiger partial charge in [-0.15, -0.1) is 0 Å². The summed E-state index contributed by atoms with van der Waals surface area (Å²) in [5.41, 5.74) is 2.78. The molecule has 0 radical (unpaired) electrons. The minimum absolute atomic E-state index is 0.0700. The Morgan fingerprint density at radius 1 is 1.38 bits per heavy atom. The summed E-state index contributed by atoms with van der Waals surface area (Å²) in [5, 5.41) is 8.33. The first-order valence-corrected chi connectivity index (χ1v) is 7.84. The van der Waals surface area contributed by atoms with Gasteiger partial charge in [0.2, 0.25) is 0 Å². The number of hydrogen-bond acceptors (Lipinski definition) is 5. The molecule has 0 fully saturated rings. The van der Waals surface area contributed by atoms with E-state index in [1.165, 1.54) is 11.8 Å². The van der Waals surface area contributed by atoms with E-state index in [0.717, 1.165) is 11.1 Å². The molecule has 0 aliphatic carbocycles. The Kier molecular flexibility index (Phi) is 3.50. The van der Waals surface area contributed by atoms with E-state index in [9.17, 15) is 4.79 Å². The van der Waals surface area contributed by atoms with E-state index in [4.69, 9.17) is 0 Å². The van der Waals surface area contributed by atoms with Crippen LogP contribution in [0, 0.1) is 6.92 Å². The fraction of sp³-hybridized carbons (Fsp3) is 0.286. The fourth-order valence-corrected chi connectivity index (χ4v) is 2.75. The van der Waals surface area contributed by atoms with Crippen LogP contribution in [0.15, 0.2) is 28.3 Å². The number of fused-ring (bicyclic) bond motifs is 1. The standard InChI is InChI=1S/C14H15N5OS/c1-4-19-12-9(8(2)16-14(17-12)21-3)7-10(13(19)20)11-5-6-15-18-11/h5-7H,4H2,1-3H3,(H,15,18). The zero-order valence-corrected chi connectivity index (χ0v) is 12.9. The molecule has 0 atom stereocenters. The lowest BCUT2D eigenvalue weighted by Gasteiger charge is -2.12.